The summed E-state index contributed by atoms with van der Waals surface area (Å²) in [5.41, 5.74) is 0. The molecule has 2 rings (SSSR count). The average molecular weight is 277 g/mol. The van der Waals surface area contributed by atoms with E-state index < -0.39 is 0 Å². The van der Waals surface area contributed by atoms with Crippen molar-refractivity contribution in [2.45, 2.75) is 25.9 Å². The van der Waals surface area contributed by atoms with Crippen molar-refractivity contribution in [2.24, 2.45) is 5.92 Å². The third-order valence-corrected chi connectivity index (χ3v) is 3.41. The molecule has 0 aliphatic carbocycles. The van der Waals surface area contributed by atoms with Crippen molar-refractivity contribution in [3.05, 3.63) is 10.6 Å². The summed E-state index contributed by atoms with van der Waals surface area (Å²) in [7, 11) is 0. The lowest BCUT2D eigenvalue weighted by molar-refractivity contribution is 0.109. The molecule has 0 aromatic carbocycles. The fourth-order valence-corrected chi connectivity index (χ4v) is 2.39. The third-order valence-electron chi connectivity index (χ3n) is 3.07. The summed E-state index contributed by atoms with van der Waals surface area (Å²) in [5.74, 6) is 0.859. The van der Waals surface area contributed by atoms with E-state index in [9.17, 15) is 5.11 Å². The number of aromatic nitrogens is 3. The van der Waals surface area contributed by atoms with Crippen LogP contribution < -0.4 is 4.90 Å². The molecule has 0 amide bonds. The molecule has 1 aliphatic heterocycles. The maximum absolute atomic E-state index is 9.52. The quantitative estimate of drug-likeness (QED) is 0.892. The van der Waals surface area contributed by atoms with Crippen molar-refractivity contribution in [1.29, 1.82) is 0 Å². The number of piperidine rings is 1. The number of halogens is 2. The maximum Gasteiger partial charge on any atom is 0.230 e. The summed E-state index contributed by atoms with van der Waals surface area (Å²) >= 11 is 11.5. The Hall–Kier alpha value is -0.650. The van der Waals surface area contributed by atoms with Crippen LogP contribution in [-0.4, -0.2) is 39.3 Å². The monoisotopic (exact) mass is 276 g/mol. The van der Waals surface area contributed by atoms with E-state index in [1.807, 2.05) is 11.8 Å². The van der Waals surface area contributed by atoms with Gasteiger partial charge >= 0.3 is 0 Å². The highest BCUT2D eigenvalue weighted by Crippen LogP contribution is 2.24. The van der Waals surface area contributed by atoms with Crippen molar-refractivity contribution in [3.8, 4) is 0 Å². The number of rotatable bonds is 2. The van der Waals surface area contributed by atoms with Crippen LogP contribution in [0.4, 0.5) is 5.95 Å². The van der Waals surface area contributed by atoms with Crippen molar-refractivity contribution in [2.75, 3.05) is 18.0 Å². The summed E-state index contributed by atoms with van der Waals surface area (Å²) < 4.78 is 0. The molecule has 1 aromatic heterocycles. The molecule has 5 nitrogen and oxygen atoms in total. The summed E-state index contributed by atoms with van der Waals surface area (Å²) in [6.07, 6.45) is 1.57. The number of nitrogens with zero attached hydrogens (tertiary/aromatic N) is 4. The zero-order chi connectivity index (χ0) is 12.4. The van der Waals surface area contributed by atoms with Crippen LogP contribution in [0.1, 0.15) is 19.8 Å². The molecule has 94 valence electrons. The van der Waals surface area contributed by atoms with Gasteiger partial charge in [0.2, 0.25) is 16.5 Å². The van der Waals surface area contributed by atoms with Gasteiger partial charge in [0.05, 0.1) is 6.10 Å². The highest BCUT2D eigenvalue weighted by Gasteiger charge is 2.24. The molecule has 7 heteroatoms. The summed E-state index contributed by atoms with van der Waals surface area (Å²) in [4.78, 5) is 13.8. The topological polar surface area (TPSA) is 62.1 Å². The maximum atomic E-state index is 9.52. The second kappa shape index (κ2) is 5.33. The minimum atomic E-state index is -0.261. The van der Waals surface area contributed by atoms with Crippen molar-refractivity contribution in [1.82, 2.24) is 15.0 Å². The van der Waals surface area contributed by atoms with Gasteiger partial charge in [-0.3, -0.25) is 0 Å². The van der Waals surface area contributed by atoms with Crippen LogP contribution in [0.5, 0.6) is 0 Å². The Morgan fingerprint density at radius 3 is 2.18 bits per heavy atom. The molecule has 1 fully saturated rings. The van der Waals surface area contributed by atoms with Crippen LogP contribution in [-0.2, 0) is 0 Å². The molecule has 1 saturated heterocycles. The summed E-state index contributed by atoms with van der Waals surface area (Å²) in [5, 5.41) is 9.74. The molecular formula is C10H14Cl2N4O. The zero-order valence-corrected chi connectivity index (χ0v) is 11.0. The first-order chi connectivity index (χ1) is 8.06. The van der Waals surface area contributed by atoms with E-state index in [-0.39, 0.29) is 16.7 Å². The zero-order valence-electron chi connectivity index (χ0n) is 9.48. The van der Waals surface area contributed by atoms with Crippen LogP contribution in [0.15, 0.2) is 0 Å². The predicted octanol–water partition coefficient (Wildman–Crippen LogP) is 1.78. The standard InChI is InChI=1S/C10H14Cl2N4O/c1-6(17)7-2-4-16(5-3-7)10-14-8(11)13-9(12)15-10/h6-7,17H,2-5H2,1H3. The molecule has 1 aromatic rings. The van der Waals surface area contributed by atoms with E-state index in [4.69, 9.17) is 23.2 Å². The first-order valence-electron chi connectivity index (χ1n) is 5.56. The van der Waals surface area contributed by atoms with Gasteiger partial charge in [0.25, 0.3) is 0 Å². The molecule has 1 N–H and O–H groups in total. The predicted molar refractivity (Wildman–Crippen MR) is 66.5 cm³/mol. The van der Waals surface area contributed by atoms with Crippen molar-refractivity contribution in [3.63, 3.8) is 0 Å². The van der Waals surface area contributed by atoms with Crippen LogP contribution in [0.3, 0.4) is 0 Å². The van der Waals surface area contributed by atoms with Crippen LogP contribution in [0.25, 0.3) is 0 Å². The Morgan fingerprint density at radius 2 is 1.71 bits per heavy atom. The Morgan fingerprint density at radius 1 is 1.18 bits per heavy atom. The molecule has 0 spiro atoms. The Kier molecular flexibility index (Phi) is 4.01. The Bertz CT molecular complexity index is 374. The van der Waals surface area contributed by atoms with Gasteiger partial charge in [-0.1, -0.05) is 0 Å². The second-order valence-corrected chi connectivity index (χ2v) is 4.91. The number of aliphatic hydroxyl groups excluding tert-OH is 1. The SMILES string of the molecule is CC(O)C1CCN(c2nc(Cl)nc(Cl)n2)CC1. The van der Waals surface area contributed by atoms with Crippen LogP contribution in [0, 0.1) is 5.92 Å². The Labute approximate surface area is 110 Å². The molecule has 0 bridgehead atoms. The molecule has 0 radical (unpaired) electrons. The minimum absolute atomic E-state index is 0.109. The van der Waals surface area contributed by atoms with Gasteiger partial charge in [-0.05, 0) is 48.9 Å². The number of aliphatic hydroxyl groups is 1. The highest BCUT2D eigenvalue weighted by atomic mass is 35.5. The fourth-order valence-electron chi connectivity index (χ4n) is 2.04. The van der Waals surface area contributed by atoms with Gasteiger partial charge in [-0.2, -0.15) is 15.0 Å². The largest absolute Gasteiger partial charge is 0.393 e. The smallest absolute Gasteiger partial charge is 0.230 e. The highest BCUT2D eigenvalue weighted by molar-refractivity contribution is 6.31. The molecular weight excluding hydrogens is 263 g/mol. The van der Waals surface area contributed by atoms with Gasteiger partial charge in [0, 0.05) is 13.1 Å². The van der Waals surface area contributed by atoms with Crippen LogP contribution >= 0.6 is 23.2 Å². The lowest BCUT2D eigenvalue weighted by Gasteiger charge is -2.33. The van der Waals surface area contributed by atoms with E-state index in [0.717, 1.165) is 25.9 Å². The van der Waals surface area contributed by atoms with Gasteiger partial charge < -0.3 is 10.0 Å². The fraction of sp³-hybridized carbons (Fsp3) is 0.700. The lowest BCUT2D eigenvalue weighted by atomic mass is 9.92. The van der Waals surface area contributed by atoms with E-state index in [1.54, 1.807) is 0 Å². The van der Waals surface area contributed by atoms with Gasteiger partial charge in [-0.15, -0.1) is 0 Å². The lowest BCUT2D eigenvalue weighted by Crippen LogP contribution is -2.38. The third kappa shape index (κ3) is 3.18. The molecule has 0 saturated carbocycles. The van der Waals surface area contributed by atoms with E-state index >= 15 is 0 Å². The van der Waals surface area contributed by atoms with Crippen molar-refractivity contribution >= 4 is 29.2 Å². The first kappa shape index (κ1) is 12.8. The Balaban J connectivity index is 2.05. The molecule has 1 atom stereocenters. The summed E-state index contributed by atoms with van der Waals surface area (Å²) in [6.45, 7) is 3.43. The van der Waals surface area contributed by atoms with Gasteiger partial charge in [0.1, 0.15) is 0 Å². The average Bonchev–Trinajstić information content (AvgIpc) is 2.28. The van der Waals surface area contributed by atoms with E-state index in [2.05, 4.69) is 15.0 Å². The molecule has 1 aliphatic rings. The van der Waals surface area contributed by atoms with Gasteiger partial charge in [0.15, 0.2) is 0 Å². The summed E-state index contributed by atoms with van der Waals surface area (Å²) in [6, 6.07) is 0. The number of hydrogen-bond donors (Lipinski definition) is 1. The molecule has 2 heterocycles. The number of anilines is 1. The van der Waals surface area contributed by atoms with Crippen molar-refractivity contribution < 1.29 is 5.11 Å². The van der Waals surface area contributed by atoms with E-state index in [0.29, 0.717) is 11.9 Å². The second-order valence-electron chi connectivity index (χ2n) is 4.24. The van der Waals surface area contributed by atoms with Gasteiger partial charge in [-0.25, -0.2) is 0 Å². The molecule has 17 heavy (non-hydrogen) atoms. The number of hydrogen-bond acceptors (Lipinski definition) is 5. The first-order valence-corrected chi connectivity index (χ1v) is 6.32. The normalized spacial score (nSPS) is 19.4. The minimum Gasteiger partial charge on any atom is -0.393 e. The van der Waals surface area contributed by atoms with E-state index in [1.165, 1.54) is 0 Å². The van der Waals surface area contributed by atoms with Crippen LogP contribution in [0.2, 0.25) is 10.6 Å². The molecule has 1 unspecified atom stereocenters.